The maximum absolute atomic E-state index is 3.96. The van der Waals surface area contributed by atoms with Crippen molar-refractivity contribution in [3.63, 3.8) is 0 Å². The predicted octanol–water partition coefficient (Wildman–Crippen LogP) is 1.94. The Bertz CT molecular complexity index is 382. The van der Waals surface area contributed by atoms with E-state index in [2.05, 4.69) is 16.3 Å². The van der Waals surface area contributed by atoms with Crippen molar-refractivity contribution in [2.75, 3.05) is 0 Å². The number of hydrogen-bond acceptors (Lipinski definition) is 2. The molecule has 2 aromatic rings. The van der Waals surface area contributed by atoms with E-state index in [0.717, 1.165) is 11.1 Å². The number of fused-ring (bicyclic) bond motifs is 1. The first-order chi connectivity index (χ1) is 5.38. The first-order valence-electron chi connectivity index (χ1n) is 3.55. The van der Waals surface area contributed by atoms with Gasteiger partial charge < -0.3 is 0 Å². The smallest absolute Gasteiger partial charge is 0.0678 e. The molecule has 0 unspecified atom stereocenters. The molecular formula is C9H8N2Pt. The standard InChI is InChI=1S/C9H8N2.Pt/c1-7-9-5-3-2-4-8(9)6-10-11-7;/h2-6H,1H3;. The fraction of sp³-hybridized carbons (Fsp3) is 0.111. The SMILES string of the molecule is Cc1nncc2ccccc12.[Pt]. The zero-order chi connectivity index (χ0) is 7.68. The number of nitrogens with zero attached hydrogens (tertiary/aromatic N) is 2. The van der Waals surface area contributed by atoms with Crippen molar-refractivity contribution in [1.29, 1.82) is 0 Å². The van der Waals surface area contributed by atoms with E-state index in [1.807, 2.05) is 25.1 Å². The van der Waals surface area contributed by atoms with Gasteiger partial charge in [0.25, 0.3) is 0 Å². The van der Waals surface area contributed by atoms with Gasteiger partial charge in [-0.3, -0.25) is 0 Å². The summed E-state index contributed by atoms with van der Waals surface area (Å²) in [6.45, 7) is 1.97. The van der Waals surface area contributed by atoms with Crippen molar-refractivity contribution in [3.05, 3.63) is 36.2 Å². The molecular weight excluding hydrogens is 331 g/mol. The predicted molar refractivity (Wildman–Crippen MR) is 44.3 cm³/mol. The molecule has 0 amide bonds. The molecule has 0 bridgehead atoms. The van der Waals surface area contributed by atoms with Crippen LogP contribution in [0, 0.1) is 6.92 Å². The maximum Gasteiger partial charge on any atom is 0.0678 e. The van der Waals surface area contributed by atoms with Gasteiger partial charge in [-0.05, 0) is 6.92 Å². The van der Waals surface area contributed by atoms with Crippen LogP contribution in [0.4, 0.5) is 0 Å². The van der Waals surface area contributed by atoms with Crippen molar-refractivity contribution in [3.8, 4) is 0 Å². The van der Waals surface area contributed by atoms with Gasteiger partial charge in [0.1, 0.15) is 0 Å². The van der Waals surface area contributed by atoms with Crippen LogP contribution in [-0.2, 0) is 21.1 Å². The number of aryl methyl sites for hydroxylation is 1. The normalized spacial score (nSPS) is 9.42. The summed E-state index contributed by atoms with van der Waals surface area (Å²) in [6, 6.07) is 8.11. The maximum atomic E-state index is 3.96. The van der Waals surface area contributed by atoms with Gasteiger partial charge in [0.05, 0.1) is 11.9 Å². The van der Waals surface area contributed by atoms with Crippen LogP contribution in [0.3, 0.4) is 0 Å². The van der Waals surface area contributed by atoms with Gasteiger partial charge >= 0.3 is 0 Å². The summed E-state index contributed by atoms with van der Waals surface area (Å²) in [6.07, 6.45) is 1.78. The van der Waals surface area contributed by atoms with Gasteiger partial charge in [0.15, 0.2) is 0 Å². The third-order valence-electron chi connectivity index (χ3n) is 1.76. The van der Waals surface area contributed by atoms with E-state index in [0.29, 0.717) is 0 Å². The number of benzene rings is 1. The molecule has 0 N–H and O–H groups in total. The molecule has 0 fully saturated rings. The van der Waals surface area contributed by atoms with Gasteiger partial charge in [-0.1, -0.05) is 24.3 Å². The summed E-state index contributed by atoms with van der Waals surface area (Å²) in [5.74, 6) is 0. The van der Waals surface area contributed by atoms with E-state index >= 15 is 0 Å². The van der Waals surface area contributed by atoms with Crippen molar-refractivity contribution >= 4 is 10.8 Å². The third-order valence-corrected chi connectivity index (χ3v) is 1.76. The second-order valence-electron chi connectivity index (χ2n) is 2.52. The molecule has 2 rings (SSSR count). The molecule has 1 aromatic carbocycles. The Labute approximate surface area is 85.3 Å². The number of aromatic nitrogens is 2. The molecule has 0 saturated heterocycles. The largest absolute Gasteiger partial charge is 0.158 e. The summed E-state index contributed by atoms with van der Waals surface area (Å²) < 4.78 is 0. The van der Waals surface area contributed by atoms with Crippen LogP contribution in [0.1, 0.15) is 5.69 Å². The molecule has 0 radical (unpaired) electrons. The average Bonchev–Trinajstić information content (AvgIpc) is 2.06. The van der Waals surface area contributed by atoms with E-state index in [1.165, 1.54) is 5.39 Å². The molecule has 3 heteroatoms. The monoisotopic (exact) mass is 339 g/mol. The first kappa shape index (κ1) is 9.34. The molecule has 0 aliphatic heterocycles. The van der Waals surface area contributed by atoms with Crippen molar-refractivity contribution in [2.24, 2.45) is 0 Å². The first-order valence-corrected chi connectivity index (χ1v) is 3.55. The molecule has 1 heterocycles. The Kier molecular flexibility index (Phi) is 2.93. The van der Waals surface area contributed by atoms with E-state index in [-0.39, 0.29) is 21.1 Å². The minimum absolute atomic E-state index is 0. The fourth-order valence-electron chi connectivity index (χ4n) is 1.17. The minimum atomic E-state index is 0. The van der Waals surface area contributed by atoms with Crippen LogP contribution in [-0.4, -0.2) is 10.2 Å². The van der Waals surface area contributed by atoms with E-state index in [1.54, 1.807) is 6.20 Å². The summed E-state index contributed by atoms with van der Waals surface area (Å²) in [5.41, 5.74) is 0.989. The Morgan fingerprint density at radius 2 is 1.92 bits per heavy atom. The van der Waals surface area contributed by atoms with Crippen LogP contribution in [0.5, 0.6) is 0 Å². The molecule has 0 aliphatic rings. The summed E-state index contributed by atoms with van der Waals surface area (Å²) >= 11 is 0. The number of rotatable bonds is 0. The van der Waals surface area contributed by atoms with Gasteiger partial charge in [-0.25, -0.2) is 0 Å². The molecule has 1 aromatic heterocycles. The minimum Gasteiger partial charge on any atom is -0.158 e. The quantitative estimate of drug-likeness (QED) is 0.733. The van der Waals surface area contributed by atoms with Gasteiger partial charge in [-0.15, -0.1) is 0 Å². The Balaban J connectivity index is 0.000000720. The fourth-order valence-corrected chi connectivity index (χ4v) is 1.17. The summed E-state index contributed by atoms with van der Waals surface area (Å²) in [5, 5.41) is 10.2. The zero-order valence-corrected chi connectivity index (χ0v) is 8.87. The second kappa shape index (κ2) is 3.77. The van der Waals surface area contributed by atoms with Gasteiger partial charge in [0, 0.05) is 31.8 Å². The van der Waals surface area contributed by atoms with Crippen LogP contribution in [0.15, 0.2) is 30.5 Å². The summed E-state index contributed by atoms with van der Waals surface area (Å²) in [7, 11) is 0. The zero-order valence-electron chi connectivity index (χ0n) is 6.60. The van der Waals surface area contributed by atoms with Crippen LogP contribution in [0.2, 0.25) is 0 Å². The molecule has 0 spiro atoms. The molecule has 2 nitrogen and oxygen atoms in total. The topological polar surface area (TPSA) is 25.8 Å². The Morgan fingerprint density at radius 3 is 2.67 bits per heavy atom. The van der Waals surface area contributed by atoms with Crippen LogP contribution in [0.25, 0.3) is 10.8 Å². The van der Waals surface area contributed by atoms with Crippen molar-refractivity contribution < 1.29 is 21.1 Å². The van der Waals surface area contributed by atoms with E-state index < -0.39 is 0 Å². The second-order valence-corrected chi connectivity index (χ2v) is 2.52. The molecule has 0 atom stereocenters. The van der Waals surface area contributed by atoms with Gasteiger partial charge in [-0.2, -0.15) is 10.2 Å². The van der Waals surface area contributed by atoms with Gasteiger partial charge in [0.2, 0.25) is 0 Å². The Morgan fingerprint density at radius 1 is 1.17 bits per heavy atom. The van der Waals surface area contributed by atoms with Crippen LogP contribution >= 0.6 is 0 Å². The van der Waals surface area contributed by atoms with Crippen molar-refractivity contribution in [2.45, 2.75) is 6.92 Å². The third kappa shape index (κ3) is 1.53. The van der Waals surface area contributed by atoms with E-state index in [9.17, 15) is 0 Å². The summed E-state index contributed by atoms with van der Waals surface area (Å²) in [4.78, 5) is 0. The molecule has 0 saturated carbocycles. The Hall–Kier alpha value is -0.752. The molecule has 12 heavy (non-hydrogen) atoms. The average molecular weight is 339 g/mol. The van der Waals surface area contributed by atoms with E-state index in [4.69, 9.17) is 0 Å². The van der Waals surface area contributed by atoms with Crippen molar-refractivity contribution in [1.82, 2.24) is 10.2 Å². The van der Waals surface area contributed by atoms with Crippen LogP contribution < -0.4 is 0 Å². The number of hydrogen-bond donors (Lipinski definition) is 0. The molecule has 64 valence electrons. The molecule has 0 aliphatic carbocycles.